The van der Waals surface area contributed by atoms with Crippen molar-refractivity contribution in [2.75, 3.05) is 0 Å². The number of rotatable bonds is 3. The van der Waals surface area contributed by atoms with Gasteiger partial charge in [-0.25, -0.2) is 0 Å². The number of H-pyrrole nitrogens is 1. The van der Waals surface area contributed by atoms with Gasteiger partial charge >= 0.3 is 0 Å². The molecular formula is C17H20N4O3S2. The van der Waals surface area contributed by atoms with Crippen LogP contribution in [0.1, 0.15) is 33.6 Å². The Morgan fingerprint density at radius 1 is 1.31 bits per heavy atom. The Labute approximate surface area is 153 Å². The smallest absolute Gasteiger partial charge is 0.284 e. The lowest BCUT2D eigenvalue weighted by Gasteiger charge is -2.38. The van der Waals surface area contributed by atoms with Crippen LogP contribution >= 0.6 is 10.0 Å². The number of nitrogens with zero attached hydrogens (tertiary/aromatic N) is 2. The van der Waals surface area contributed by atoms with Gasteiger partial charge in [-0.1, -0.05) is 23.0 Å². The van der Waals surface area contributed by atoms with Crippen LogP contribution in [0.4, 0.5) is 0 Å². The van der Waals surface area contributed by atoms with E-state index in [-0.39, 0.29) is 19.9 Å². The highest BCUT2D eigenvalue weighted by atomic mass is 32.3. The van der Waals surface area contributed by atoms with Gasteiger partial charge in [0.05, 0.1) is 9.94 Å². The minimum absolute atomic E-state index is 0.0579. The van der Waals surface area contributed by atoms with Crippen LogP contribution in [0.25, 0.3) is 10.9 Å². The minimum atomic E-state index is -3.97. The molecular weight excluding hydrogens is 372 g/mol. The van der Waals surface area contributed by atoms with E-state index < -0.39 is 20.1 Å². The molecule has 1 aromatic heterocycles. The van der Waals surface area contributed by atoms with Crippen LogP contribution in [-0.4, -0.2) is 33.5 Å². The van der Waals surface area contributed by atoms with Crippen molar-refractivity contribution in [1.29, 1.82) is 0 Å². The monoisotopic (exact) mass is 392 g/mol. The number of aromatic amines is 1. The molecule has 0 amide bonds. The Morgan fingerprint density at radius 3 is 2.69 bits per heavy atom. The first kappa shape index (κ1) is 17.3. The summed E-state index contributed by atoms with van der Waals surface area (Å²) < 4.78 is 29.7. The molecule has 0 saturated heterocycles. The fourth-order valence-corrected chi connectivity index (χ4v) is 9.13. The summed E-state index contributed by atoms with van der Waals surface area (Å²) in [5, 5.41) is 5.90. The van der Waals surface area contributed by atoms with Gasteiger partial charge in [0.15, 0.2) is 10.3 Å². The lowest BCUT2D eigenvalue weighted by molar-refractivity contribution is -0.109. The maximum absolute atomic E-state index is 12.9. The molecule has 1 fully saturated rings. The number of nitrogens with one attached hydrogen (secondary N) is 2. The average Bonchev–Trinajstić information content (AvgIpc) is 3.03. The second-order valence-electron chi connectivity index (χ2n) is 6.89. The molecule has 1 saturated carbocycles. The molecule has 1 atom stereocenters. The SMILES string of the molecule is CC(=O)S1(C2(C)CC2)C(C)=NN/C1=N\S(=O)(=O)c1ccc2cc[nH]c2c1. The van der Waals surface area contributed by atoms with Crippen LogP contribution in [0.3, 0.4) is 0 Å². The van der Waals surface area contributed by atoms with Crippen molar-refractivity contribution in [3.63, 3.8) is 0 Å². The number of benzene rings is 1. The van der Waals surface area contributed by atoms with Crippen molar-refractivity contribution in [3.05, 3.63) is 30.5 Å². The molecule has 7 nitrogen and oxygen atoms in total. The van der Waals surface area contributed by atoms with Crippen molar-refractivity contribution in [3.8, 4) is 0 Å². The Kier molecular flexibility index (Phi) is 3.61. The van der Waals surface area contributed by atoms with Crippen LogP contribution in [0.2, 0.25) is 0 Å². The molecule has 0 radical (unpaired) electrons. The quantitative estimate of drug-likeness (QED) is 0.838. The molecule has 0 spiro atoms. The van der Waals surface area contributed by atoms with Gasteiger partial charge in [-0.15, -0.1) is 4.40 Å². The maximum Gasteiger partial charge on any atom is 0.284 e. The van der Waals surface area contributed by atoms with Gasteiger partial charge in [0.2, 0.25) is 0 Å². The molecule has 1 unspecified atom stereocenters. The number of carbonyl (C=O) groups is 1. The fourth-order valence-electron chi connectivity index (χ4n) is 3.59. The molecule has 1 aliphatic heterocycles. The predicted octanol–water partition coefficient (Wildman–Crippen LogP) is 3.05. The van der Waals surface area contributed by atoms with Gasteiger partial charge < -0.3 is 4.98 Å². The van der Waals surface area contributed by atoms with E-state index in [0.29, 0.717) is 5.04 Å². The number of aromatic nitrogens is 1. The number of fused-ring (bicyclic) bond motifs is 1. The number of sulfonamides is 1. The highest BCUT2D eigenvalue weighted by Gasteiger charge is 2.62. The van der Waals surface area contributed by atoms with Gasteiger partial charge in [0.1, 0.15) is 0 Å². The van der Waals surface area contributed by atoms with E-state index >= 15 is 0 Å². The third-order valence-corrected chi connectivity index (χ3v) is 11.1. The van der Waals surface area contributed by atoms with Gasteiger partial charge in [-0.2, -0.15) is 13.5 Å². The van der Waals surface area contributed by atoms with Crippen LogP contribution in [-0.2, 0) is 14.8 Å². The molecule has 138 valence electrons. The molecule has 2 N–H and O–H groups in total. The van der Waals surface area contributed by atoms with Crippen LogP contribution in [0.15, 0.2) is 44.9 Å². The number of hydrogen-bond donors (Lipinski definition) is 2. The van der Waals surface area contributed by atoms with Crippen LogP contribution < -0.4 is 5.43 Å². The lowest BCUT2D eigenvalue weighted by atomic mass is 10.2. The summed E-state index contributed by atoms with van der Waals surface area (Å²) in [4.78, 5) is 15.8. The third-order valence-electron chi connectivity index (χ3n) is 5.19. The molecule has 0 bridgehead atoms. The van der Waals surface area contributed by atoms with E-state index in [0.717, 1.165) is 23.7 Å². The lowest BCUT2D eigenvalue weighted by Crippen LogP contribution is -2.35. The molecule has 9 heteroatoms. The van der Waals surface area contributed by atoms with Crippen molar-refractivity contribution >= 4 is 46.3 Å². The predicted molar refractivity (Wildman–Crippen MR) is 105 cm³/mol. The second kappa shape index (κ2) is 5.43. The molecule has 2 aliphatic rings. The average molecular weight is 393 g/mol. The normalized spacial score (nSPS) is 28.4. The first-order valence-electron chi connectivity index (χ1n) is 8.27. The summed E-state index contributed by atoms with van der Waals surface area (Å²) in [5.41, 5.74) is 3.47. The summed E-state index contributed by atoms with van der Waals surface area (Å²) in [6.07, 6.45) is 3.48. The Bertz CT molecular complexity index is 1100. The minimum Gasteiger partial charge on any atom is -0.361 e. The van der Waals surface area contributed by atoms with Crippen LogP contribution in [0, 0.1) is 0 Å². The summed E-state index contributed by atoms with van der Waals surface area (Å²) in [5.74, 6) is 0. The van der Waals surface area contributed by atoms with E-state index in [2.05, 4.69) is 19.9 Å². The fraction of sp³-hybridized carbons (Fsp3) is 0.353. The largest absolute Gasteiger partial charge is 0.361 e. The van der Waals surface area contributed by atoms with Gasteiger partial charge in [-0.3, -0.25) is 10.2 Å². The van der Waals surface area contributed by atoms with Gasteiger partial charge in [-0.05, 0) is 43.4 Å². The number of amidine groups is 1. The van der Waals surface area contributed by atoms with E-state index in [4.69, 9.17) is 0 Å². The van der Waals surface area contributed by atoms with Crippen LogP contribution in [0.5, 0.6) is 0 Å². The topological polar surface area (TPSA) is 104 Å². The first-order chi connectivity index (χ1) is 12.2. The highest BCUT2D eigenvalue weighted by Crippen LogP contribution is 2.72. The molecule has 2 heterocycles. The Balaban J connectivity index is 1.85. The third kappa shape index (κ3) is 2.26. The zero-order valence-corrected chi connectivity index (χ0v) is 16.4. The maximum atomic E-state index is 12.9. The second-order valence-corrected chi connectivity index (χ2v) is 12.3. The van der Waals surface area contributed by atoms with Crippen molar-refractivity contribution in [2.24, 2.45) is 9.50 Å². The standard InChI is InChI=1S/C17H20N4O3S2/c1-11-19-20-16(25(11,12(2)22)17(3)7-8-17)21-26(23,24)14-5-4-13-6-9-18-15(13)10-14/h4-6,9-10,18H,7-8H2,1-3H3,(H,20,21). The first-order valence-corrected chi connectivity index (χ1v) is 11.3. The molecule has 2 aromatic rings. The van der Waals surface area contributed by atoms with E-state index in [1.807, 2.05) is 13.0 Å². The zero-order chi connectivity index (χ0) is 18.7. The molecule has 4 rings (SSSR count). The molecule has 1 aromatic carbocycles. The van der Waals surface area contributed by atoms with E-state index in [1.165, 1.54) is 13.0 Å². The van der Waals surface area contributed by atoms with Gasteiger partial charge in [0.25, 0.3) is 10.0 Å². The van der Waals surface area contributed by atoms with E-state index in [9.17, 15) is 13.2 Å². The van der Waals surface area contributed by atoms with Gasteiger partial charge in [0, 0.05) is 23.4 Å². The van der Waals surface area contributed by atoms with Crippen molar-refractivity contribution in [2.45, 2.75) is 43.3 Å². The Morgan fingerprint density at radius 2 is 2.04 bits per heavy atom. The number of hydrazone groups is 1. The number of hydrogen-bond acceptors (Lipinski definition) is 4. The van der Waals surface area contributed by atoms with E-state index in [1.54, 1.807) is 25.3 Å². The summed E-state index contributed by atoms with van der Waals surface area (Å²) in [7, 11) is -6.18. The zero-order valence-electron chi connectivity index (χ0n) is 14.7. The summed E-state index contributed by atoms with van der Waals surface area (Å²) in [6, 6.07) is 6.69. The highest BCUT2D eigenvalue weighted by molar-refractivity contribution is 8.66. The number of carbonyl (C=O) groups excluding carboxylic acids is 1. The molecule has 26 heavy (non-hydrogen) atoms. The van der Waals surface area contributed by atoms with Crippen molar-refractivity contribution in [1.82, 2.24) is 10.4 Å². The van der Waals surface area contributed by atoms with Crippen molar-refractivity contribution < 1.29 is 13.2 Å². The summed E-state index contributed by atoms with van der Waals surface area (Å²) >= 11 is 0. The molecule has 1 aliphatic carbocycles. The Hall–Kier alpha value is -2.13. The summed E-state index contributed by atoms with van der Waals surface area (Å²) in [6.45, 7) is 5.31.